The lowest BCUT2D eigenvalue weighted by atomic mass is 10.2. The fourth-order valence-corrected chi connectivity index (χ4v) is 2.19. The van der Waals surface area contributed by atoms with Crippen LogP contribution in [0.1, 0.15) is 25.8 Å². The average Bonchev–Trinajstić information content (AvgIpc) is 2.81. The molecule has 2 rings (SSSR count). The van der Waals surface area contributed by atoms with E-state index in [2.05, 4.69) is 28.6 Å². The first-order valence-corrected chi connectivity index (χ1v) is 7.16. The van der Waals surface area contributed by atoms with Crippen LogP contribution in [0, 0.1) is 0 Å². The second kappa shape index (κ2) is 7.05. The third-order valence-electron chi connectivity index (χ3n) is 3.17. The Balaban J connectivity index is 2.22. The molecular weight excluding hydrogens is 252 g/mol. The molecule has 0 atom stereocenters. The van der Waals surface area contributed by atoms with Crippen molar-refractivity contribution >= 4 is 16.9 Å². The summed E-state index contributed by atoms with van der Waals surface area (Å²) in [5, 5.41) is 7.32. The molecule has 0 spiro atoms. The fourth-order valence-electron chi connectivity index (χ4n) is 2.19. The van der Waals surface area contributed by atoms with E-state index < -0.39 is 0 Å². The Bertz CT molecular complexity index is 576. The van der Waals surface area contributed by atoms with Crippen LogP contribution in [-0.4, -0.2) is 28.5 Å². The summed E-state index contributed by atoms with van der Waals surface area (Å²) < 4.78 is 1.92. The van der Waals surface area contributed by atoms with Crippen LogP contribution in [0.15, 0.2) is 24.5 Å². The number of pyridine rings is 1. The van der Waals surface area contributed by atoms with Crippen LogP contribution in [0.25, 0.3) is 11.0 Å². The van der Waals surface area contributed by atoms with E-state index in [1.54, 1.807) is 6.20 Å². The van der Waals surface area contributed by atoms with Gasteiger partial charge in [0.05, 0.1) is 0 Å². The van der Waals surface area contributed by atoms with Crippen molar-refractivity contribution in [2.24, 2.45) is 0 Å². The number of amides is 1. The minimum atomic E-state index is 0.0319. The van der Waals surface area contributed by atoms with Crippen molar-refractivity contribution in [2.45, 2.75) is 33.4 Å². The van der Waals surface area contributed by atoms with E-state index in [9.17, 15) is 4.79 Å². The van der Waals surface area contributed by atoms with Crippen LogP contribution in [0.4, 0.5) is 0 Å². The van der Waals surface area contributed by atoms with Gasteiger partial charge in [-0.2, -0.15) is 0 Å². The number of fused-ring (bicyclic) bond motifs is 1. The molecule has 1 amide bonds. The predicted molar refractivity (Wildman–Crippen MR) is 80.4 cm³/mol. The SMILES string of the molecule is CCCNC(=O)Cn1cc(CNCC)c2cccnc21. The lowest BCUT2D eigenvalue weighted by Gasteiger charge is -2.05. The van der Waals surface area contributed by atoms with Crippen molar-refractivity contribution in [2.75, 3.05) is 13.1 Å². The number of carbonyl (C=O) groups excluding carboxylic acids is 1. The zero-order valence-electron chi connectivity index (χ0n) is 12.1. The maximum absolute atomic E-state index is 11.9. The molecule has 2 aromatic rings. The van der Waals surface area contributed by atoms with Crippen LogP contribution < -0.4 is 10.6 Å². The number of rotatable bonds is 7. The van der Waals surface area contributed by atoms with Gasteiger partial charge >= 0.3 is 0 Å². The topological polar surface area (TPSA) is 59.0 Å². The summed E-state index contributed by atoms with van der Waals surface area (Å²) in [6, 6.07) is 3.98. The Morgan fingerprint density at radius 2 is 2.25 bits per heavy atom. The van der Waals surface area contributed by atoms with Crippen molar-refractivity contribution < 1.29 is 4.79 Å². The molecule has 0 saturated heterocycles. The van der Waals surface area contributed by atoms with Gasteiger partial charge in [0.25, 0.3) is 0 Å². The van der Waals surface area contributed by atoms with Gasteiger partial charge in [0.2, 0.25) is 5.91 Å². The van der Waals surface area contributed by atoms with Gasteiger partial charge in [-0.05, 0) is 30.7 Å². The fraction of sp³-hybridized carbons (Fsp3) is 0.467. The first kappa shape index (κ1) is 14.5. The smallest absolute Gasteiger partial charge is 0.239 e. The third kappa shape index (κ3) is 3.36. The second-order valence-corrected chi connectivity index (χ2v) is 4.79. The Kier molecular flexibility index (Phi) is 5.12. The summed E-state index contributed by atoms with van der Waals surface area (Å²) in [7, 11) is 0. The molecule has 2 heterocycles. The average molecular weight is 274 g/mol. The number of hydrogen-bond acceptors (Lipinski definition) is 3. The van der Waals surface area contributed by atoms with Crippen LogP contribution in [-0.2, 0) is 17.9 Å². The Labute approximate surface area is 119 Å². The lowest BCUT2D eigenvalue weighted by molar-refractivity contribution is -0.121. The number of nitrogens with zero attached hydrogens (tertiary/aromatic N) is 2. The second-order valence-electron chi connectivity index (χ2n) is 4.79. The van der Waals surface area contributed by atoms with E-state index in [4.69, 9.17) is 0 Å². The zero-order valence-corrected chi connectivity index (χ0v) is 12.1. The van der Waals surface area contributed by atoms with Crippen LogP contribution in [0.5, 0.6) is 0 Å². The first-order chi connectivity index (χ1) is 9.76. The van der Waals surface area contributed by atoms with E-state index in [0.717, 1.165) is 37.1 Å². The quantitative estimate of drug-likeness (QED) is 0.807. The Morgan fingerprint density at radius 3 is 3.00 bits per heavy atom. The van der Waals surface area contributed by atoms with Crippen LogP contribution in [0.3, 0.4) is 0 Å². The molecule has 0 aliphatic heterocycles. The largest absolute Gasteiger partial charge is 0.355 e. The normalized spacial score (nSPS) is 10.9. The monoisotopic (exact) mass is 274 g/mol. The summed E-state index contributed by atoms with van der Waals surface area (Å²) in [6.07, 6.45) is 4.73. The van der Waals surface area contributed by atoms with Crippen molar-refractivity contribution in [3.8, 4) is 0 Å². The molecule has 0 unspecified atom stereocenters. The van der Waals surface area contributed by atoms with Crippen molar-refractivity contribution in [3.63, 3.8) is 0 Å². The molecule has 5 heteroatoms. The molecule has 0 radical (unpaired) electrons. The molecule has 2 aromatic heterocycles. The number of aromatic nitrogens is 2. The highest BCUT2D eigenvalue weighted by atomic mass is 16.1. The Morgan fingerprint density at radius 1 is 1.40 bits per heavy atom. The minimum absolute atomic E-state index is 0.0319. The summed E-state index contributed by atoms with van der Waals surface area (Å²) in [4.78, 5) is 16.3. The molecule has 108 valence electrons. The highest BCUT2D eigenvalue weighted by molar-refractivity contribution is 5.83. The lowest BCUT2D eigenvalue weighted by Crippen LogP contribution is -2.27. The number of carbonyl (C=O) groups is 1. The van der Waals surface area contributed by atoms with Gasteiger partial charge < -0.3 is 15.2 Å². The first-order valence-electron chi connectivity index (χ1n) is 7.16. The molecule has 0 fully saturated rings. The maximum atomic E-state index is 11.9. The van der Waals surface area contributed by atoms with E-state index in [0.29, 0.717) is 6.54 Å². The van der Waals surface area contributed by atoms with Gasteiger partial charge in [-0.15, -0.1) is 0 Å². The molecule has 0 aliphatic carbocycles. The third-order valence-corrected chi connectivity index (χ3v) is 3.17. The van der Waals surface area contributed by atoms with Crippen molar-refractivity contribution in [1.82, 2.24) is 20.2 Å². The highest BCUT2D eigenvalue weighted by Gasteiger charge is 2.11. The molecule has 0 aromatic carbocycles. The van der Waals surface area contributed by atoms with Gasteiger partial charge in [0, 0.05) is 30.9 Å². The summed E-state index contributed by atoms with van der Waals surface area (Å²) >= 11 is 0. The highest BCUT2D eigenvalue weighted by Crippen LogP contribution is 2.19. The molecule has 2 N–H and O–H groups in total. The van der Waals surface area contributed by atoms with Gasteiger partial charge in [0.15, 0.2) is 0 Å². The zero-order chi connectivity index (χ0) is 14.4. The summed E-state index contributed by atoms with van der Waals surface area (Å²) in [6.45, 7) is 6.87. The molecule has 0 aliphatic rings. The van der Waals surface area contributed by atoms with Crippen molar-refractivity contribution in [1.29, 1.82) is 0 Å². The van der Waals surface area contributed by atoms with E-state index in [1.807, 2.05) is 23.8 Å². The minimum Gasteiger partial charge on any atom is -0.355 e. The molecule has 20 heavy (non-hydrogen) atoms. The van der Waals surface area contributed by atoms with E-state index in [1.165, 1.54) is 5.56 Å². The molecule has 0 bridgehead atoms. The number of hydrogen-bond donors (Lipinski definition) is 2. The molecular formula is C15H22N4O. The van der Waals surface area contributed by atoms with Gasteiger partial charge in [-0.3, -0.25) is 4.79 Å². The summed E-state index contributed by atoms with van der Waals surface area (Å²) in [5.41, 5.74) is 2.05. The Hall–Kier alpha value is -1.88. The molecule has 5 nitrogen and oxygen atoms in total. The van der Waals surface area contributed by atoms with Crippen molar-refractivity contribution in [3.05, 3.63) is 30.1 Å². The predicted octanol–water partition coefficient (Wildman–Crippen LogP) is 1.67. The van der Waals surface area contributed by atoms with Crippen LogP contribution >= 0.6 is 0 Å². The number of nitrogens with one attached hydrogen (secondary N) is 2. The van der Waals surface area contributed by atoms with Crippen LogP contribution in [0.2, 0.25) is 0 Å². The van der Waals surface area contributed by atoms with Gasteiger partial charge in [0.1, 0.15) is 12.2 Å². The van der Waals surface area contributed by atoms with E-state index >= 15 is 0 Å². The molecule has 0 saturated carbocycles. The van der Waals surface area contributed by atoms with E-state index in [-0.39, 0.29) is 5.91 Å². The van der Waals surface area contributed by atoms with Gasteiger partial charge in [-0.1, -0.05) is 13.8 Å². The maximum Gasteiger partial charge on any atom is 0.239 e. The van der Waals surface area contributed by atoms with Gasteiger partial charge in [-0.25, -0.2) is 4.98 Å². The standard InChI is InChI=1S/C15H22N4O/c1-3-7-17-14(20)11-19-10-12(9-16-4-2)13-6-5-8-18-15(13)19/h5-6,8,10,16H,3-4,7,9,11H2,1-2H3,(H,17,20). The summed E-state index contributed by atoms with van der Waals surface area (Å²) in [5.74, 6) is 0.0319.